The first-order valence-electron chi connectivity index (χ1n) is 7.30. The van der Waals surface area contributed by atoms with E-state index in [1.807, 2.05) is 0 Å². The number of hydrogen-bond acceptors (Lipinski definition) is 5. The number of esters is 1. The van der Waals surface area contributed by atoms with E-state index in [4.69, 9.17) is 37.4 Å². The highest BCUT2D eigenvalue weighted by Crippen LogP contribution is 2.26. The van der Waals surface area contributed by atoms with Crippen molar-refractivity contribution in [1.29, 1.82) is 0 Å². The maximum Gasteiger partial charge on any atom is 0.310 e. The standard InChI is InChI=1S/C18H16Cl2O5/c1-23-11-6-7-12(17(8-11)24-2)16(21)10-25-18(22)9-13-14(19)4-3-5-15(13)20/h3-8H,9-10H2,1-2H3. The van der Waals surface area contributed by atoms with Gasteiger partial charge in [0.2, 0.25) is 5.78 Å². The summed E-state index contributed by atoms with van der Waals surface area (Å²) in [7, 11) is 2.95. The number of ether oxygens (including phenoxy) is 3. The molecule has 0 amide bonds. The predicted molar refractivity (Wildman–Crippen MR) is 95.0 cm³/mol. The minimum Gasteiger partial charge on any atom is -0.497 e. The average Bonchev–Trinajstić information content (AvgIpc) is 2.62. The van der Waals surface area contributed by atoms with Crippen LogP contribution in [0.3, 0.4) is 0 Å². The van der Waals surface area contributed by atoms with Gasteiger partial charge in [0.1, 0.15) is 11.5 Å². The summed E-state index contributed by atoms with van der Waals surface area (Å²) in [6, 6.07) is 9.70. The van der Waals surface area contributed by atoms with Crippen LogP contribution in [0.25, 0.3) is 0 Å². The van der Waals surface area contributed by atoms with Crippen LogP contribution in [0.5, 0.6) is 11.5 Å². The predicted octanol–water partition coefficient (Wildman–Crippen LogP) is 3.98. The number of rotatable bonds is 7. The Balaban J connectivity index is 2.01. The van der Waals surface area contributed by atoms with Gasteiger partial charge in [-0.25, -0.2) is 0 Å². The number of benzene rings is 2. The van der Waals surface area contributed by atoms with Crippen molar-refractivity contribution in [3.8, 4) is 11.5 Å². The SMILES string of the molecule is COc1ccc(C(=O)COC(=O)Cc2c(Cl)cccc2Cl)c(OC)c1. The third-order valence-corrected chi connectivity index (χ3v) is 4.16. The van der Waals surface area contributed by atoms with Gasteiger partial charge in [-0.05, 0) is 24.3 Å². The molecule has 0 spiro atoms. The molecular formula is C18H16Cl2O5. The number of hydrogen-bond donors (Lipinski definition) is 0. The molecule has 5 nitrogen and oxygen atoms in total. The summed E-state index contributed by atoms with van der Waals surface area (Å²) in [5.74, 6) is -0.0951. The Morgan fingerprint density at radius 2 is 1.68 bits per heavy atom. The molecule has 0 unspecified atom stereocenters. The molecule has 0 aliphatic carbocycles. The Bertz CT molecular complexity index is 769. The normalized spacial score (nSPS) is 10.2. The van der Waals surface area contributed by atoms with E-state index < -0.39 is 18.4 Å². The van der Waals surface area contributed by atoms with Crippen molar-refractivity contribution in [3.05, 3.63) is 57.6 Å². The van der Waals surface area contributed by atoms with E-state index in [0.29, 0.717) is 32.7 Å². The highest BCUT2D eigenvalue weighted by Gasteiger charge is 2.17. The van der Waals surface area contributed by atoms with Gasteiger partial charge in [-0.1, -0.05) is 29.3 Å². The van der Waals surface area contributed by atoms with Gasteiger partial charge in [0.15, 0.2) is 6.61 Å². The van der Waals surface area contributed by atoms with Crippen LogP contribution < -0.4 is 9.47 Å². The molecule has 0 atom stereocenters. The molecule has 0 heterocycles. The topological polar surface area (TPSA) is 61.8 Å². The van der Waals surface area contributed by atoms with Crippen LogP contribution in [-0.4, -0.2) is 32.6 Å². The molecule has 0 radical (unpaired) electrons. The van der Waals surface area contributed by atoms with E-state index in [9.17, 15) is 9.59 Å². The van der Waals surface area contributed by atoms with Gasteiger partial charge in [0, 0.05) is 21.7 Å². The lowest BCUT2D eigenvalue weighted by Crippen LogP contribution is -2.16. The number of methoxy groups -OCH3 is 2. The molecule has 7 heteroatoms. The fourth-order valence-corrected chi connectivity index (χ4v) is 2.68. The van der Waals surface area contributed by atoms with E-state index in [0.717, 1.165) is 0 Å². The first-order valence-corrected chi connectivity index (χ1v) is 8.05. The van der Waals surface area contributed by atoms with Gasteiger partial charge in [0.25, 0.3) is 0 Å². The van der Waals surface area contributed by atoms with Crippen LogP contribution in [0.15, 0.2) is 36.4 Å². The summed E-state index contributed by atoms with van der Waals surface area (Å²) < 4.78 is 15.3. The molecule has 0 N–H and O–H groups in total. The molecule has 2 rings (SSSR count). The minimum atomic E-state index is -0.601. The van der Waals surface area contributed by atoms with Gasteiger partial charge in [-0.3, -0.25) is 9.59 Å². The Morgan fingerprint density at radius 1 is 1.00 bits per heavy atom. The summed E-state index contributed by atoms with van der Waals surface area (Å²) in [5, 5.41) is 0.736. The van der Waals surface area contributed by atoms with Crippen molar-refractivity contribution in [3.63, 3.8) is 0 Å². The summed E-state index contributed by atoms with van der Waals surface area (Å²) in [6.07, 6.45) is -0.120. The zero-order chi connectivity index (χ0) is 18.4. The van der Waals surface area contributed by atoms with E-state index in [1.165, 1.54) is 14.2 Å². The zero-order valence-electron chi connectivity index (χ0n) is 13.7. The van der Waals surface area contributed by atoms with Gasteiger partial charge in [0.05, 0.1) is 26.2 Å². The van der Waals surface area contributed by atoms with Crippen molar-refractivity contribution >= 4 is 35.0 Å². The molecule has 2 aromatic rings. The number of carbonyl (C=O) groups excluding carboxylic acids is 2. The average molecular weight is 383 g/mol. The van der Waals surface area contributed by atoms with Crippen molar-refractivity contribution in [1.82, 2.24) is 0 Å². The summed E-state index contributed by atoms with van der Waals surface area (Å²) in [4.78, 5) is 24.2. The lowest BCUT2D eigenvalue weighted by atomic mass is 10.1. The smallest absolute Gasteiger partial charge is 0.310 e. The number of carbonyl (C=O) groups is 2. The largest absolute Gasteiger partial charge is 0.497 e. The fourth-order valence-electron chi connectivity index (χ4n) is 2.15. The van der Waals surface area contributed by atoms with Crippen molar-refractivity contribution in [2.75, 3.05) is 20.8 Å². The second kappa shape index (κ2) is 8.74. The minimum absolute atomic E-state index is 0.120. The van der Waals surface area contributed by atoms with Crippen LogP contribution in [0, 0.1) is 0 Å². The Morgan fingerprint density at radius 3 is 2.28 bits per heavy atom. The zero-order valence-corrected chi connectivity index (χ0v) is 15.2. The van der Waals surface area contributed by atoms with Crippen molar-refractivity contribution in [2.24, 2.45) is 0 Å². The van der Waals surface area contributed by atoms with E-state index in [-0.39, 0.29) is 6.42 Å². The number of ketones is 1. The highest BCUT2D eigenvalue weighted by molar-refractivity contribution is 6.36. The highest BCUT2D eigenvalue weighted by atomic mass is 35.5. The lowest BCUT2D eigenvalue weighted by molar-refractivity contribution is -0.141. The van der Waals surface area contributed by atoms with Gasteiger partial charge >= 0.3 is 5.97 Å². The summed E-state index contributed by atoms with van der Waals surface area (Å²) >= 11 is 12.0. The van der Waals surface area contributed by atoms with E-state index >= 15 is 0 Å². The van der Waals surface area contributed by atoms with Crippen LogP contribution in [0.4, 0.5) is 0 Å². The third-order valence-electron chi connectivity index (χ3n) is 3.46. The molecule has 132 valence electrons. The van der Waals surface area contributed by atoms with Crippen LogP contribution in [0.2, 0.25) is 10.0 Å². The van der Waals surface area contributed by atoms with Gasteiger partial charge in [-0.2, -0.15) is 0 Å². The quantitative estimate of drug-likeness (QED) is 0.535. The Hall–Kier alpha value is -2.24. The van der Waals surface area contributed by atoms with Gasteiger partial charge in [-0.15, -0.1) is 0 Å². The molecule has 0 saturated heterocycles. The summed E-state index contributed by atoms with van der Waals surface area (Å²) in [6.45, 7) is -0.413. The summed E-state index contributed by atoms with van der Waals surface area (Å²) in [5.41, 5.74) is 0.761. The molecule has 0 aliphatic rings. The second-order valence-corrected chi connectivity index (χ2v) is 5.84. The Labute approximate surface area is 155 Å². The molecule has 0 aromatic heterocycles. The fraction of sp³-hybridized carbons (Fsp3) is 0.222. The molecule has 25 heavy (non-hydrogen) atoms. The van der Waals surface area contributed by atoms with E-state index in [2.05, 4.69) is 0 Å². The van der Waals surface area contributed by atoms with Crippen LogP contribution >= 0.6 is 23.2 Å². The first kappa shape index (κ1) is 19.1. The second-order valence-electron chi connectivity index (χ2n) is 5.03. The molecular weight excluding hydrogens is 367 g/mol. The monoisotopic (exact) mass is 382 g/mol. The molecule has 2 aromatic carbocycles. The molecule has 0 bridgehead atoms. The number of halogens is 2. The third kappa shape index (κ3) is 4.87. The Kier molecular flexibility index (Phi) is 6.67. The van der Waals surface area contributed by atoms with Crippen LogP contribution in [0.1, 0.15) is 15.9 Å². The molecule has 0 saturated carbocycles. The van der Waals surface area contributed by atoms with Gasteiger partial charge < -0.3 is 14.2 Å². The first-order chi connectivity index (χ1) is 12.0. The lowest BCUT2D eigenvalue weighted by Gasteiger charge is -2.10. The van der Waals surface area contributed by atoms with Crippen LogP contribution in [-0.2, 0) is 16.0 Å². The van der Waals surface area contributed by atoms with Crippen molar-refractivity contribution in [2.45, 2.75) is 6.42 Å². The van der Waals surface area contributed by atoms with Crippen molar-refractivity contribution < 1.29 is 23.8 Å². The maximum absolute atomic E-state index is 12.3. The molecule has 0 fully saturated rings. The number of Topliss-reactive ketones (excluding diaryl/α,β-unsaturated/α-hetero) is 1. The maximum atomic E-state index is 12.3. The molecule has 0 aliphatic heterocycles. The van der Waals surface area contributed by atoms with E-state index in [1.54, 1.807) is 36.4 Å².